The van der Waals surface area contributed by atoms with Gasteiger partial charge in [0.05, 0.1) is 35.3 Å². The van der Waals surface area contributed by atoms with Gasteiger partial charge in [-0.15, -0.1) is 0 Å². The first kappa shape index (κ1) is 24.3. The molecule has 3 aromatic rings. The molecular formula is C22H18ClF3N4O3S. The Bertz CT molecular complexity index is 1310. The molecule has 0 spiro atoms. The smallest absolute Gasteiger partial charge is 0.395 e. The number of amides is 2. The number of imide groups is 1. The van der Waals surface area contributed by atoms with E-state index in [-0.39, 0.29) is 35.2 Å². The van der Waals surface area contributed by atoms with Gasteiger partial charge in [0.25, 0.3) is 11.1 Å². The van der Waals surface area contributed by atoms with Crippen LogP contribution in [0.15, 0.2) is 47.5 Å². The molecule has 1 saturated heterocycles. The van der Waals surface area contributed by atoms with Gasteiger partial charge in [-0.05, 0) is 53.2 Å². The normalized spacial score (nSPS) is 16.8. The predicted octanol–water partition coefficient (Wildman–Crippen LogP) is 4.11. The summed E-state index contributed by atoms with van der Waals surface area (Å²) in [5, 5.41) is 13.5. The number of aliphatic hydroxyl groups is 1. The lowest BCUT2D eigenvalue weighted by atomic mass is 10.1. The average Bonchev–Trinajstić information content (AvgIpc) is 3.29. The van der Waals surface area contributed by atoms with Crippen LogP contribution in [-0.2, 0) is 17.5 Å². The van der Waals surface area contributed by atoms with Gasteiger partial charge in [-0.1, -0.05) is 23.7 Å². The predicted molar refractivity (Wildman–Crippen MR) is 123 cm³/mol. The maximum Gasteiger partial charge on any atom is 0.416 e. The van der Waals surface area contributed by atoms with Crippen molar-refractivity contribution in [2.24, 2.45) is 5.73 Å². The fourth-order valence-corrected chi connectivity index (χ4v) is 4.55. The molecule has 3 N–H and O–H groups in total. The van der Waals surface area contributed by atoms with Crippen molar-refractivity contribution in [2.45, 2.75) is 18.8 Å². The van der Waals surface area contributed by atoms with Crippen LogP contribution in [0.4, 0.5) is 18.0 Å². The summed E-state index contributed by atoms with van der Waals surface area (Å²) in [5.41, 5.74) is 6.05. The van der Waals surface area contributed by atoms with Crippen molar-refractivity contribution in [2.75, 3.05) is 13.2 Å². The Hall–Kier alpha value is -2.86. The van der Waals surface area contributed by atoms with E-state index in [1.165, 1.54) is 23.0 Å². The molecule has 1 atom stereocenters. The molecule has 178 valence electrons. The summed E-state index contributed by atoms with van der Waals surface area (Å²) in [7, 11) is 0. The molecule has 2 heterocycles. The number of halogens is 4. The maximum absolute atomic E-state index is 13.4. The highest BCUT2D eigenvalue weighted by molar-refractivity contribution is 8.18. The van der Waals surface area contributed by atoms with Crippen LogP contribution >= 0.6 is 23.4 Å². The molecule has 2 amide bonds. The summed E-state index contributed by atoms with van der Waals surface area (Å²) in [6, 6.07) is 7.97. The quantitative estimate of drug-likeness (QED) is 0.484. The fraction of sp³-hybridized carbons (Fsp3) is 0.227. The largest absolute Gasteiger partial charge is 0.416 e. The van der Waals surface area contributed by atoms with E-state index in [1.54, 1.807) is 24.3 Å². The van der Waals surface area contributed by atoms with Crippen LogP contribution in [0.1, 0.15) is 16.7 Å². The number of hydrogen-bond acceptors (Lipinski definition) is 6. The van der Waals surface area contributed by atoms with E-state index in [1.807, 2.05) is 0 Å². The van der Waals surface area contributed by atoms with E-state index in [0.717, 1.165) is 22.7 Å². The van der Waals surface area contributed by atoms with Gasteiger partial charge in [0.1, 0.15) is 0 Å². The highest BCUT2D eigenvalue weighted by Gasteiger charge is 2.36. The number of carbonyl (C=O) groups is 2. The molecule has 0 aliphatic carbocycles. The van der Waals surface area contributed by atoms with E-state index in [9.17, 15) is 22.8 Å². The Balaban J connectivity index is 1.59. The molecule has 1 unspecified atom stereocenters. The van der Waals surface area contributed by atoms with Crippen LogP contribution in [0, 0.1) is 0 Å². The lowest BCUT2D eigenvalue weighted by Gasteiger charge is -2.16. The van der Waals surface area contributed by atoms with Gasteiger partial charge in [-0.2, -0.15) is 18.3 Å². The van der Waals surface area contributed by atoms with Crippen molar-refractivity contribution in [3.8, 4) is 0 Å². The van der Waals surface area contributed by atoms with E-state index in [0.29, 0.717) is 16.5 Å². The molecule has 1 fully saturated rings. The number of nitrogens with zero attached hydrogens (tertiary/aromatic N) is 3. The van der Waals surface area contributed by atoms with E-state index >= 15 is 0 Å². The number of fused-ring (bicyclic) bond motifs is 1. The Morgan fingerprint density at radius 1 is 1.21 bits per heavy atom. The Morgan fingerprint density at radius 2 is 1.97 bits per heavy atom. The third kappa shape index (κ3) is 4.97. The molecule has 0 saturated carbocycles. The van der Waals surface area contributed by atoms with Crippen molar-refractivity contribution < 1.29 is 27.9 Å². The van der Waals surface area contributed by atoms with Crippen LogP contribution < -0.4 is 5.73 Å². The van der Waals surface area contributed by atoms with E-state index in [4.69, 9.17) is 22.4 Å². The molecule has 1 aliphatic heterocycles. The molecule has 4 rings (SSSR count). The van der Waals surface area contributed by atoms with Gasteiger partial charge in [-0.25, -0.2) is 0 Å². The van der Waals surface area contributed by atoms with Crippen LogP contribution in [-0.4, -0.2) is 50.1 Å². The van der Waals surface area contributed by atoms with Crippen molar-refractivity contribution in [1.82, 2.24) is 14.7 Å². The minimum absolute atomic E-state index is 0.00574. The molecule has 1 aliphatic rings. The van der Waals surface area contributed by atoms with Crippen LogP contribution in [0.25, 0.3) is 17.0 Å². The van der Waals surface area contributed by atoms with E-state index in [2.05, 4.69) is 5.10 Å². The van der Waals surface area contributed by atoms with Crippen LogP contribution in [0.2, 0.25) is 5.02 Å². The Morgan fingerprint density at radius 3 is 2.68 bits per heavy atom. The molecular weight excluding hydrogens is 493 g/mol. The Labute approximate surface area is 201 Å². The number of nitrogens with two attached hydrogens (primary N) is 1. The second-order valence-corrected chi connectivity index (χ2v) is 9.08. The lowest BCUT2D eigenvalue weighted by Crippen LogP contribution is -2.41. The first-order valence-corrected chi connectivity index (χ1v) is 11.2. The maximum atomic E-state index is 13.4. The second kappa shape index (κ2) is 9.41. The number of hydrogen-bond donors (Lipinski definition) is 2. The van der Waals surface area contributed by atoms with Gasteiger partial charge in [0.2, 0.25) is 0 Å². The van der Waals surface area contributed by atoms with Gasteiger partial charge < -0.3 is 10.8 Å². The standard InChI is InChI=1S/C22H18ClF3N4O3S/c23-15-3-2-13(17(7-15)22(24,25)26)9-30-18-4-1-12(5-14(18)8-28-30)6-19-20(32)29(21(33)34-19)10-16(27)11-31/h1-8,16,31H,9-11,27H2. The number of carbonyl (C=O) groups excluding carboxylic acids is 2. The number of thioether (sulfide) groups is 1. The van der Waals surface area contributed by atoms with E-state index < -0.39 is 28.9 Å². The zero-order chi connectivity index (χ0) is 24.6. The zero-order valence-electron chi connectivity index (χ0n) is 17.4. The first-order chi connectivity index (χ1) is 16.1. The monoisotopic (exact) mass is 510 g/mol. The first-order valence-electron chi connectivity index (χ1n) is 10.00. The van der Waals surface area contributed by atoms with Crippen molar-refractivity contribution in [1.29, 1.82) is 0 Å². The lowest BCUT2D eigenvalue weighted by molar-refractivity contribution is -0.138. The molecule has 7 nitrogen and oxygen atoms in total. The Kier molecular flexibility index (Phi) is 6.72. The molecule has 0 radical (unpaired) electrons. The fourth-order valence-electron chi connectivity index (χ4n) is 3.53. The summed E-state index contributed by atoms with van der Waals surface area (Å²) >= 11 is 6.52. The minimum Gasteiger partial charge on any atom is -0.395 e. The molecule has 12 heteroatoms. The van der Waals surface area contributed by atoms with Crippen molar-refractivity contribution >= 4 is 51.5 Å². The summed E-state index contributed by atoms with van der Waals surface area (Å²) in [6.45, 7) is -0.560. The van der Waals surface area contributed by atoms with Gasteiger partial charge in [-0.3, -0.25) is 19.2 Å². The molecule has 1 aromatic heterocycles. The third-order valence-corrected chi connectivity index (χ3v) is 6.33. The number of benzene rings is 2. The molecule has 34 heavy (non-hydrogen) atoms. The minimum atomic E-state index is -4.56. The van der Waals surface area contributed by atoms with Gasteiger partial charge in [0, 0.05) is 23.0 Å². The molecule has 0 bridgehead atoms. The van der Waals surface area contributed by atoms with Crippen LogP contribution in [0.5, 0.6) is 0 Å². The number of aromatic nitrogens is 2. The summed E-state index contributed by atoms with van der Waals surface area (Å²) in [6.07, 6.45) is -1.49. The van der Waals surface area contributed by atoms with Gasteiger partial charge >= 0.3 is 6.18 Å². The topological polar surface area (TPSA) is 101 Å². The summed E-state index contributed by atoms with van der Waals surface area (Å²) in [5.74, 6) is -0.503. The third-order valence-electron chi connectivity index (χ3n) is 5.19. The number of alkyl halides is 3. The highest BCUT2D eigenvalue weighted by atomic mass is 35.5. The number of rotatable bonds is 6. The summed E-state index contributed by atoms with van der Waals surface area (Å²) < 4.78 is 41.7. The van der Waals surface area contributed by atoms with Crippen LogP contribution in [0.3, 0.4) is 0 Å². The van der Waals surface area contributed by atoms with Crippen molar-refractivity contribution in [3.05, 3.63) is 69.2 Å². The zero-order valence-corrected chi connectivity index (χ0v) is 19.0. The second-order valence-electron chi connectivity index (χ2n) is 7.65. The number of aliphatic hydroxyl groups excluding tert-OH is 1. The average molecular weight is 511 g/mol. The highest BCUT2D eigenvalue weighted by Crippen LogP contribution is 2.35. The molecule has 2 aromatic carbocycles. The SMILES string of the molecule is NC(CO)CN1C(=O)SC(=Cc2ccc3c(cnn3Cc3ccc(Cl)cc3C(F)(F)F)c2)C1=O. The summed E-state index contributed by atoms with van der Waals surface area (Å²) in [4.78, 5) is 25.9. The van der Waals surface area contributed by atoms with Gasteiger partial charge in [0.15, 0.2) is 0 Å². The van der Waals surface area contributed by atoms with Crippen molar-refractivity contribution in [3.63, 3.8) is 0 Å².